The molecule has 3 aliphatic carbocycles. The molecule has 0 spiro atoms. The van der Waals surface area contributed by atoms with Crippen molar-refractivity contribution in [3.8, 4) is 11.5 Å². The Hall–Kier alpha value is -6.84. The first-order chi connectivity index (χ1) is 31.7. The minimum atomic E-state index is -0.679. The van der Waals surface area contributed by atoms with Gasteiger partial charge in [-0.25, -0.2) is 0 Å². The Morgan fingerprint density at radius 3 is 1.15 bits per heavy atom. The maximum absolute atomic E-state index is 14.6. The van der Waals surface area contributed by atoms with E-state index in [-0.39, 0.29) is 135 Å². The second kappa shape index (κ2) is 19.9. The molecule has 15 nitrogen and oxygen atoms in total. The number of fused-ring (bicyclic) bond motifs is 14. The highest BCUT2D eigenvalue weighted by molar-refractivity contribution is 6.21. The Morgan fingerprint density at radius 2 is 0.836 bits per heavy atom. The van der Waals surface area contributed by atoms with E-state index in [9.17, 15) is 38.9 Å². The number of carbonyl (C=O) groups is 6. The molecule has 0 atom stereocenters. The lowest BCUT2D eigenvalue weighted by Gasteiger charge is -2.27. The van der Waals surface area contributed by atoms with Crippen LogP contribution in [-0.2, 0) is 65.2 Å². The first kappa shape index (κ1) is 48.1. The van der Waals surface area contributed by atoms with Crippen molar-refractivity contribution in [2.75, 3.05) is 52.7 Å². The van der Waals surface area contributed by atoms with Crippen LogP contribution >= 0.6 is 0 Å². The molecular formula is C52H55N3O12. The molecule has 0 unspecified atom stereocenters. The molecule has 2 N–H and O–H groups in total. The fourth-order valence-corrected chi connectivity index (χ4v) is 8.33. The Morgan fingerprint density at radius 1 is 0.493 bits per heavy atom. The van der Waals surface area contributed by atoms with E-state index in [4.69, 9.17) is 18.9 Å². The highest BCUT2D eigenvalue weighted by Crippen LogP contribution is 2.40. The van der Waals surface area contributed by atoms with E-state index in [0.29, 0.717) is 33.8 Å². The second-order valence-electron chi connectivity index (χ2n) is 19.1. The van der Waals surface area contributed by atoms with Crippen molar-refractivity contribution in [2.24, 2.45) is 0 Å². The van der Waals surface area contributed by atoms with E-state index in [1.807, 2.05) is 65.8 Å². The van der Waals surface area contributed by atoms with Crippen LogP contribution in [0.3, 0.4) is 0 Å². The molecule has 2 aliphatic heterocycles. The molecular weight excluding hydrogens is 859 g/mol. The summed E-state index contributed by atoms with van der Waals surface area (Å²) in [7, 11) is 0. The molecule has 0 saturated heterocycles. The number of allylic oxidation sites excluding steroid dienone is 8. The van der Waals surface area contributed by atoms with Crippen molar-refractivity contribution >= 4 is 40.6 Å². The first-order valence-corrected chi connectivity index (χ1v) is 22.3. The minimum Gasteiger partial charge on any atom is -0.491 e. The van der Waals surface area contributed by atoms with Crippen LogP contribution in [0.5, 0.6) is 11.5 Å². The number of hydrogen-bond donors (Lipinski definition) is 2. The number of ether oxygens (including phenoxy) is 4. The van der Waals surface area contributed by atoms with E-state index >= 15 is 0 Å². The summed E-state index contributed by atoms with van der Waals surface area (Å²) >= 11 is 0. The molecule has 8 rings (SSSR count). The molecule has 0 fully saturated rings. The summed E-state index contributed by atoms with van der Waals surface area (Å²) in [5.74, 6) is -1.83. The standard InChI is InChI=1S/C52H55N3O12/c1-51(2,3)40-20-34-15-30-26-43(56)28-32(45(30)58)17-36-22-41(52(4,5)6)23-37-18-33-29-44(57)27-31(46(33)59)16-35(21-40)47(34)66-13-11-64-9-7-53-49(60)38-19-39(25-42(24-38)55(62)63)50(61)54-8-10-65-12-14-67-48(36)37/h19-29H,7-18H2,1-6H3,(H,53,60)(H,54,61). The summed E-state index contributed by atoms with van der Waals surface area (Å²) in [6.07, 6.45) is 5.48. The first-order valence-electron chi connectivity index (χ1n) is 22.3. The third-order valence-electron chi connectivity index (χ3n) is 11.8. The van der Waals surface area contributed by atoms with Crippen LogP contribution in [0.25, 0.3) is 0 Å². The van der Waals surface area contributed by atoms with E-state index in [1.165, 1.54) is 30.4 Å². The maximum Gasteiger partial charge on any atom is 0.271 e. The zero-order chi connectivity index (χ0) is 48.2. The molecule has 3 aromatic rings. The van der Waals surface area contributed by atoms with Gasteiger partial charge in [-0.2, -0.15) is 0 Å². The monoisotopic (exact) mass is 913 g/mol. The molecule has 0 saturated carbocycles. The maximum atomic E-state index is 14.6. The Balaban J connectivity index is 1.33. The normalized spacial score (nSPS) is 18.3. The quantitative estimate of drug-likeness (QED) is 0.124. The van der Waals surface area contributed by atoms with Gasteiger partial charge in [0.05, 0.1) is 31.4 Å². The van der Waals surface area contributed by atoms with Crippen molar-refractivity contribution in [1.29, 1.82) is 0 Å². The van der Waals surface area contributed by atoms with Gasteiger partial charge in [-0.15, -0.1) is 0 Å². The van der Waals surface area contributed by atoms with Crippen molar-refractivity contribution in [2.45, 2.75) is 78.1 Å². The number of Topliss-reactive ketones (excluding diaryl/α,β-unsaturated/α-hetero) is 2. The van der Waals surface area contributed by atoms with E-state index < -0.39 is 33.3 Å². The zero-order valence-corrected chi connectivity index (χ0v) is 38.7. The lowest BCUT2D eigenvalue weighted by atomic mass is 9.79. The number of nitrogens with one attached hydrogen (secondary N) is 2. The summed E-state index contributed by atoms with van der Waals surface area (Å²) in [5.41, 5.74) is 3.79. The van der Waals surface area contributed by atoms with Crippen LogP contribution in [0, 0.1) is 10.1 Å². The number of amides is 2. The van der Waals surface area contributed by atoms with Crippen LogP contribution in [0.15, 0.2) is 89.1 Å². The van der Waals surface area contributed by atoms with Gasteiger partial charge >= 0.3 is 0 Å². The molecule has 15 heteroatoms. The van der Waals surface area contributed by atoms with Crippen molar-refractivity contribution in [3.63, 3.8) is 0 Å². The SMILES string of the molecule is CC(C)(C)c1cc2c3c(c1)CC1=CC(=O)C=C(Cc4cc(C(C)(C)C)cc(c4OCCOCCNC(=O)c4cc(cc([N+](=O)[O-])c4)C(=O)NCCOCCO3)CC3=CC(=O)C=C(C2)C3=O)C1=O. The highest BCUT2D eigenvalue weighted by Gasteiger charge is 2.32. The minimum absolute atomic E-state index is 0.00110. The largest absolute Gasteiger partial charge is 0.491 e. The molecule has 12 bridgehead atoms. The Labute approximate surface area is 388 Å². The number of ketones is 4. The van der Waals surface area contributed by atoms with Crippen LogP contribution in [0.1, 0.15) is 95.6 Å². The Kier molecular flexibility index (Phi) is 14.3. The fourth-order valence-electron chi connectivity index (χ4n) is 8.33. The number of carbonyl (C=O) groups excluding carboxylic acids is 6. The molecule has 3 aromatic carbocycles. The molecule has 0 radical (unpaired) electrons. The summed E-state index contributed by atoms with van der Waals surface area (Å²) in [5, 5.41) is 17.1. The smallest absolute Gasteiger partial charge is 0.271 e. The van der Waals surface area contributed by atoms with Gasteiger partial charge in [-0.3, -0.25) is 38.9 Å². The molecule has 67 heavy (non-hydrogen) atoms. The van der Waals surface area contributed by atoms with Crippen molar-refractivity contribution in [3.05, 3.63) is 144 Å². The molecule has 0 aromatic heterocycles. The van der Waals surface area contributed by atoms with E-state index in [1.54, 1.807) is 0 Å². The van der Waals surface area contributed by atoms with Gasteiger partial charge < -0.3 is 29.6 Å². The molecule has 5 aliphatic rings. The number of benzene rings is 3. The molecule has 2 amide bonds. The average molecular weight is 914 g/mol. The van der Waals surface area contributed by atoms with Crippen LogP contribution < -0.4 is 20.1 Å². The van der Waals surface area contributed by atoms with Crippen LogP contribution in [0.2, 0.25) is 0 Å². The van der Waals surface area contributed by atoms with Crippen molar-refractivity contribution in [1.82, 2.24) is 10.6 Å². The van der Waals surface area contributed by atoms with Gasteiger partial charge in [-0.1, -0.05) is 65.8 Å². The van der Waals surface area contributed by atoms with Crippen molar-refractivity contribution < 1.29 is 52.6 Å². The summed E-state index contributed by atoms with van der Waals surface area (Å²) < 4.78 is 24.6. The number of non-ortho nitro benzene ring substituents is 1. The molecule has 2 heterocycles. The predicted molar refractivity (Wildman–Crippen MR) is 248 cm³/mol. The number of nitro groups is 1. The van der Waals surface area contributed by atoms with Gasteiger partial charge in [0.2, 0.25) is 0 Å². The second-order valence-corrected chi connectivity index (χ2v) is 19.1. The number of nitrogens with zero attached hydrogens (tertiary/aromatic N) is 1. The lowest BCUT2D eigenvalue weighted by Crippen LogP contribution is -2.30. The fraction of sp³-hybridized carbons (Fsp3) is 0.385. The van der Waals surface area contributed by atoms with Gasteiger partial charge in [0.1, 0.15) is 24.7 Å². The van der Waals surface area contributed by atoms with Gasteiger partial charge in [0.25, 0.3) is 17.5 Å². The third kappa shape index (κ3) is 11.6. The van der Waals surface area contributed by atoms with Crippen LogP contribution in [-0.4, -0.2) is 92.6 Å². The Bertz CT molecular complexity index is 2430. The van der Waals surface area contributed by atoms with Gasteiger partial charge in [-0.05, 0) is 74.6 Å². The van der Waals surface area contributed by atoms with E-state index in [2.05, 4.69) is 10.6 Å². The molecule has 350 valence electrons. The highest BCUT2D eigenvalue weighted by atomic mass is 16.6. The van der Waals surface area contributed by atoms with Gasteiger partial charge in [0, 0.05) is 84.3 Å². The van der Waals surface area contributed by atoms with Crippen LogP contribution in [0.4, 0.5) is 5.69 Å². The summed E-state index contributed by atoms with van der Waals surface area (Å²) in [4.78, 5) is 93.7. The van der Waals surface area contributed by atoms with Gasteiger partial charge in [0.15, 0.2) is 23.1 Å². The number of hydrogen-bond acceptors (Lipinski definition) is 12. The third-order valence-corrected chi connectivity index (χ3v) is 11.8. The number of nitro benzene ring substituents is 1. The number of rotatable bonds is 1. The topological polar surface area (TPSA) is 207 Å². The predicted octanol–water partition coefficient (Wildman–Crippen LogP) is 6.05. The zero-order valence-electron chi connectivity index (χ0n) is 38.7. The van der Waals surface area contributed by atoms with E-state index in [0.717, 1.165) is 23.3 Å². The average Bonchev–Trinajstić information content (AvgIpc) is 3.25. The summed E-state index contributed by atoms with van der Waals surface area (Å²) in [6.45, 7) is 12.4. The summed E-state index contributed by atoms with van der Waals surface area (Å²) in [6, 6.07) is 11.2. The lowest BCUT2D eigenvalue weighted by molar-refractivity contribution is -0.384.